The second-order valence-corrected chi connectivity index (χ2v) is 8.19. The molecule has 166 valence electrons. The molecule has 1 amide bonds. The van der Waals surface area contributed by atoms with E-state index in [1.165, 1.54) is 0 Å². The molecule has 0 spiro atoms. The molecule has 2 heterocycles. The van der Waals surface area contributed by atoms with Crippen molar-refractivity contribution in [3.63, 3.8) is 0 Å². The zero-order valence-electron chi connectivity index (χ0n) is 18.1. The molecule has 7 nitrogen and oxygen atoms in total. The third-order valence-electron chi connectivity index (χ3n) is 5.82. The first kappa shape index (κ1) is 20.9. The lowest BCUT2D eigenvalue weighted by Gasteiger charge is -2.14. The lowest BCUT2D eigenvalue weighted by Crippen LogP contribution is -2.25. The summed E-state index contributed by atoms with van der Waals surface area (Å²) < 4.78 is 7.05. The predicted molar refractivity (Wildman–Crippen MR) is 127 cm³/mol. The monoisotopic (exact) mass is 440 g/mol. The minimum atomic E-state index is -0.478. The third kappa shape index (κ3) is 4.62. The minimum Gasteiger partial charge on any atom is -0.446 e. The average Bonchev–Trinajstić information content (AvgIpc) is 3.33. The van der Waals surface area contributed by atoms with Crippen molar-refractivity contribution in [2.24, 2.45) is 0 Å². The highest BCUT2D eigenvalue weighted by atomic mass is 16.6. The van der Waals surface area contributed by atoms with Gasteiger partial charge in [0.2, 0.25) is 0 Å². The summed E-state index contributed by atoms with van der Waals surface area (Å²) in [7, 11) is 0. The van der Waals surface area contributed by atoms with Crippen LogP contribution < -0.4 is 10.9 Å². The number of ether oxygens (including phenoxy) is 1. The molecule has 1 N–H and O–H groups in total. The molecule has 4 aromatic rings. The third-order valence-corrected chi connectivity index (χ3v) is 5.82. The first-order valence-corrected chi connectivity index (χ1v) is 11.2. The summed E-state index contributed by atoms with van der Waals surface area (Å²) in [6, 6.07) is 20.5. The number of nitrogens with one attached hydrogen (secondary N) is 1. The van der Waals surface area contributed by atoms with Crippen LogP contribution in [-0.4, -0.2) is 26.7 Å². The number of fused-ring (bicyclic) bond motifs is 1. The van der Waals surface area contributed by atoms with E-state index in [0.717, 1.165) is 31.2 Å². The van der Waals surface area contributed by atoms with Crippen molar-refractivity contribution in [2.45, 2.75) is 38.2 Å². The summed E-state index contributed by atoms with van der Waals surface area (Å²) in [5.41, 5.74) is 3.43. The number of aromatic nitrogens is 3. The van der Waals surface area contributed by atoms with E-state index in [0.29, 0.717) is 34.7 Å². The molecule has 1 fully saturated rings. The van der Waals surface area contributed by atoms with Gasteiger partial charge >= 0.3 is 6.09 Å². The zero-order valence-corrected chi connectivity index (χ0v) is 18.1. The van der Waals surface area contributed by atoms with Crippen molar-refractivity contribution in [2.75, 3.05) is 5.32 Å². The molecule has 1 saturated carbocycles. The lowest BCUT2D eigenvalue weighted by atomic mass is 10.1. The van der Waals surface area contributed by atoms with Crippen molar-refractivity contribution in [1.82, 2.24) is 14.5 Å². The largest absolute Gasteiger partial charge is 0.446 e. The maximum atomic E-state index is 13.5. The van der Waals surface area contributed by atoms with Crippen molar-refractivity contribution >= 4 is 22.9 Å². The molecule has 7 heteroatoms. The van der Waals surface area contributed by atoms with Crippen LogP contribution in [0, 0.1) is 0 Å². The molecule has 33 heavy (non-hydrogen) atoms. The summed E-state index contributed by atoms with van der Waals surface area (Å²) in [5, 5.41) is 2.79. The number of benzene rings is 2. The number of carbonyl (C=O) groups is 1. The number of rotatable bonds is 5. The van der Waals surface area contributed by atoms with E-state index >= 15 is 0 Å². The van der Waals surface area contributed by atoms with Gasteiger partial charge in [-0.25, -0.2) is 14.8 Å². The fourth-order valence-electron chi connectivity index (χ4n) is 4.24. The van der Waals surface area contributed by atoms with E-state index in [9.17, 15) is 9.59 Å². The Labute approximate surface area is 191 Å². The molecule has 0 bridgehead atoms. The van der Waals surface area contributed by atoms with E-state index in [2.05, 4.69) is 15.3 Å². The van der Waals surface area contributed by atoms with Gasteiger partial charge in [-0.3, -0.25) is 14.7 Å². The molecule has 0 aliphatic heterocycles. The van der Waals surface area contributed by atoms with Gasteiger partial charge in [-0.2, -0.15) is 0 Å². The number of pyridine rings is 1. The summed E-state index contributed by atoms with van der Waals surface area (Å²) in [6.07, 6.45) is 5.53. The number of hydrogen-bond donors (Lipinski definition) is 1. The Morgan fingerprint density at radius 1 is 1.03 bits per heavy atom. The minimum absolute atomic E-state index is 0.0234. The number of anilines is 1. The van der Waals surface area contributed by atoms with Crippen molar-refractivity contribution < 1.29 is 9.53 Å². The van der Waals surface area contributed by atoms with Crippen LogP contribution in [0.25, 0.3) is 16.9 Å². The normalized spacial score (nSPS) is 13.8. The Morgan fingerprint density at radius 2 is 1.85 bits per heavy atom. The van der Waals surface area contributed by atoms with Gasteiger partial charge < -0.3 is 4.74 Å². The zero-order chi connectivity index (χ0) is 22.6. The van der Waals surface area contributed by atoms with Crippen LogP contribution >= 0.6 is 0 Å². The first-order valence-electron chi connectivity index (χ1n) is 11.2. The molecule has 0 radical (unpaired) electrons. The number of amides is 1. The highest BCUT2D eigenvalue weighted by Crippen LogP contribution is 2.22. The van der Waals surface area contributed by atoms with E-state index in [1.54, 1.807) is 35.0 Å². The molecule has 1 aliphatic rings. The second kappa shape index (κ2) is 9.24. The van der Waals surface area contributed by atoms with Crippen LogP contribution in [0.15, 0.2) is 77.7 Å². The van der Waals surface area contributed by atoms with Gasteiger partial charge in [0.1, 0.15) is 17.3 Å². The van der Waals surface area contributed by atoms with Crippen LogP contribution in [0.5, 0.6) is 0 Å². The fourth-order valence-corrected chi connectivity index (χ4v) is 4.24. The maximum absolute atomic E-state index is 13.5. The van der Waals surface area contributed by atoms with E-state index in [4.69, 9.17) is 4.74 Å². The van der Waals surface area contributed by atoms with E-state index in [1.807, 2.05) is 42.5 Å². The molecular weight excluding hydrogens is 416 g/mol. The number of hydrogen-bond acceptors (Lipinski definition) is 5. The molecule has 5 rings (SSSR count). The molecule has 2 aromatic heterocycles. The van der Waals surface area contributed by atoms with Crippen LogP contribution in [0.2, 0.25) is 0 Å². The van der Waals surface area contributed by atoms with Gasteiger partial charge in [0.15, 0.2) is 5.65 Å². The molecule has 0 saturated heterocycles. The van der Waals surface area contributed by atoms with Gasteiger partial charge in [-0.15, -0.1) is 0 Å². The van der Waals surface area contributed by atoms with Crippen molar-refractivity contribution in [3.05, 3.63) is 94.5 Å². The van der Waals surface area contributed by atoms with Gasteiger partial charge in [0.25, 0.3) is 5.56 Å². The Hall–Kier alpha value is -4.00. The van der Waals surface area contributed by atoms with Crippen LogP contribution in [-0.2, 0) is 11.2 Å². The van der Waals surface area contributed by atoms with Crippen LogP contribution in [0.1, 0.15) is 36.9 Å². The lowest BCUT2D eigenvalue weighted by molar-refractivity contribution is 0.114. The van der Waals surface area contributed by atoms with Gasteiger partial charge in [-0.05, 0) is 61.6 Å². The topological polar surface area (TPSA) is 86.1 Å². The van der Waals surface area contributed by atoms with Crippen LogP contribution in [0.3, 0.4) is 0 Å². The first-order chi connectivity index (χ1) is 16.2. The van der Waals surface area contributed by atoms with Gasteiger partial charge in [0.05, 0.1) is 5.69 Å². The molecule has 1 aliphatic carbocycles. The van der Waals surface area contributed by atoms with E-state index in [-0.39, 0.29) is 11.7 Å². The van der Waals surface area contributed by atoms with Gasteiger partial charge in [0, 0.05) is 18.3 Å². The highest BCUT2D eigenvalue weighted by Gasteiger charge is 2.19. The number of nitrogens with zero attached hydrogens (tertiary/aromatic N) is 3. The van der Waals surface area contributed by atoms with E-state index < -0.39 is 6.09 Å². The average molecular weight is 441 g/mol. The van der Waals surface area contributed by atoms with Crippen molar-refractivity contribution in [3.8, 4) is 5.69 Å². The Balaban J connectivity index is 1.51. The summed E-state index contributed by atoms with van der Waals surface area (Å²) in [5.74, 6) is 0. The SMILES string of the molecule is O=C(Nc1cccc(-n2c(=O)c(Cc3ccccc3)nc3cccnc32)c1)OC1CCCC1. The molecular formula is C26H24N4O3. The van der Waals surface area contributed by atoms with Crippen molar-refractivity contribution in [1.29, 1.82) is 0 Å². The summed E-state index contributed by atoms with van der Waals surface area (Å²) >= 11 is 0. The quantitative estimate of drug-likeness (QED) is 0.479. The summed E-state index contributed by atoms with van der Waals surface area (Å²) in [4.78, 5) is 34.8. The predicted octanol–water partition coefficient (Wildman–Crippen LogP) is 4.86. The second-order valence-electron chi connectivity index (χ2n) is 8.19. The number of carbonyl (C=O) groups excluding carboxylic acids is 1. The maximum Gasteiger partial charge on any atom is 0.411 e. The summed E-state index contributed by atoms with van der Waals surface area (Å²) in [6.45, 7) is 0. The molecule has 0 atom stereocenters. The Bertz CT molecular complexity index is 1340. The van der Waals surface area contributed by atoms with Crippen LogP contribution in [0.4, 0.5) is 10.5 Å². The van der Waals surface area contributed by atoms with Gasteiger partial charge in [-0.1, -0.05) is 36.4 Å². The Kier molecular flexibility index (Phi) is 5.85. The molecule has 2 aromatic carbocycles. The smallest absolute Gasteiger partial charge is 0.411 e. The fraction of sp³-hybridized carbons (Fsp3) is 0.231. The Morgan fingerprint density at radius 3 is 2.67 bits per heavy atom. The molecule has 0 unspecified atom stereocenters. The highest BCUT2D eigenvalue weighted by molar-refractivity contribution is 5.85. The standard InChI is InChI=1S/C26H24N4O3/c31-25-23(16-18-8-2-1-3-9-18)29-22-14-7-15-27-24(22)30(25)20-11-6-10-19(17-20)28-26(32)33-21-12-4-5-13-21/h1-3,6-11,14-15,17,21H,4-5,12-13,16H2,(H,28,32).